The van der Waals surface area contributed by atoms with Crippen LogP contribution in [0.3, 0.4) is 0 Å². The SMILES string of the molecule is Cn1ccc2ccc(CNCC3CCN(c4ncc(C(N)=O)cn4)CC3)cc21. The number of piperidine rings is 1. The van der Waals surface area contributed by atoms with Crippen LogP contribution >= 0.6 is 0 Å². The Balaban J connectivity index is 1.25. The van der Waals surface area contributed by atoms with Crippen molar-refractivity contribution < 1.29 is 4.79 Å². The summed E-state index contributed by atoms with van der Waals surface area (Å²) in [6.45, 7) is 3.76. The third-order valence-electron chi connectivity index (χ3n) is 5.53. The number of aromatic nitrogens is 3. The minimum Gasteiger partial charge on any atom is -0.366 e. The van der Waals surface area contributed by atoms with E-state index in [1.54, 1.807) is 0 Å². The molecule has 3 heterocycles. The molecule has 3 aromatic rings. The lowest BCUT2D eigenvalue weighted by molar-refractivity contribution is 0.0999. The number of primary amides is 1. The Hall–Kier alpha value is -2.93. The molecule has 0 bridgehead atoms. The van der Waals surface area contributed by atoms with Crippen molar-refractivity contribution in [2.75, 3.05) is 24.5 Å². The maximum absolute atomic E-state index is 11.1. The number of carbonyl (C=O) groups excluding carboxylic acids is 1. The molecule has 0 saturated carbocycles. The number of rotatable bonds is 6. The number of nitrogens with zero attached hydrogens (tertiary/aromatic N) is 4. The average Bonchev–Trinajstić information content (AvgIpc) is 3.09. The summed E-state index contributed by atoms with van der Waals surface area (Å²) in [6.07, 6.45) is 7.31. The molecular weight excluding hydrogens is 352 g/mol. The van der Waals surface area contributed by atoms with Crippen molar-refractivity contribution in [2.24, 2.45) is 18.7 Å². The Morgan fingerprint density at radius 3 is 2.68 bits per heavy atom. The van der Waals surface area contributed by atoms with Crippen LogP contribution in [0, 0.1) is 5.92 Å². The number of nitrogens with two attached hydrogens (primary N) is 1. The number of hydrogen-bond acceptors (Lipinski definition) is 5. The van der Waals surface area contributed by atoms with Gasteiger partial charge < -0.3 is 20.5 Å². The molecule has 4 rings (SSSR count). The Bertz CT molecular complexity index is 957. The summed E-state index contributed by atoms with van der Waals surface area (Å²) in [5.74, 6) is 0.829. The van der Waals surface area contributed by atoms with Crippen LogP contribution < -0.4 is 16.0 Å². The molecule has 1 fully saturated rings. The predicted octanol–water partition coefficient (Wildman–Crippen LogP) is 2.07. The van der Waals surface area contributed by atoms with Gasteiger partial charge in [-0.15, -0.1) is 0 Å². The molecular formula is C21H26N6O. The lowest BCUT2D eigenvalue weighted by Gasteiger charge is -2.32. The second-order valence-electron chi connectivity index (χ2n) is 7.52. The number of nitrogens with one attached hydrogen (secondary N) is 1. The number of anilines is 1. The van der Waals surface area contributed by atoms with Crippen molar-refractivity contribution in [2.45, 2.75) is 19.4 Å². The first-order chi connectivity index (χ1) is 13.6. The highest BCUT2D eigenvalue weighted by atomic mass is 16.1. The zero-order valence-electron chi connectivity index (χ0n) is 16.1. The number of amides is 1. The highest BCUT2D eigenvalue weighted by Gasteiger charge is 2.20. The molecule has 3 N–H and O–H groups in total. The molecule has 0 unspecified atom stereocenters. The van der Waals surface area contributed by atoms with E-state index in [-0.39, 0.29) is 0 Å². The third kappa shape index (κ3) is 3.99. The van der Waals surface area contributed by atoms with Crippen LogP contribution in [0.2, 0.25) is 0 Å². The average molecular weight is 378 g/mol. The summed E-state index contributed by atoms with van der Waals surface area (Å²) in [7, 11) is 2.08. The summed E-state index contributed by atoms with van der Waals surface area (Å²) < 4.78 is 2.16. The van der Waals surface area contributed by atoms with E-state index in [1.165, 1.54) is 28.9 Å². The quantitative estimate of drug-likeness (QED) is 0.685. The van der Waals surface area contributed by atoms with E-state index in [0.29, 0.717) is 17.4 Å². The number of carbonyl (C=O) groups is 1. The van der Waals surface area contributed by atoms with Crippen LogP contribution in [-0.4, -0.2) is 40.1 Å². The minimum atomic E-state index is -0.498. The van der Waals surface area contributed by atoms with E-state index >= 15 is 0 Å². The molecule has 28 heavy (non-hydrogen) atoms. The molecule has 7 nitrogen and oxygen atoms in total. The van der Waals surface area contributed by atoms with Crippen LogP contribution in [0.25, 0.3) is 10.9 Å². The standard InChI is InChI=1S/C21H26N6O/c1-26-7-6-17-3-2-16(10-19(17)26)12-23-11-15-4-8-27(9-5-15)21-24-13-18(14-25-21)20(22)28/h2-3,6-7,10,13-15,23H,4-5,8-9,11-12H2,1H3,(H2,22,28). The Morgan fingerprint density at radius 2 is 1.96 bits per heavy atom. The molecule has 1 aliphatic heterocycles. The van der Waals surface area contributed by atoms with Crippen LogP contribution in [-0.2, 0) is 13.6 Å². The Morgan fingerprint density at radius 1 is 1.21 bits per heavy atom. The van der Waals surface area contributed by atoms with Gasteiger partial charge in [-0.2, -0.15) is 0 Å². The van der Waals surface area contributed by atoms with Gasteiger partial charge in [-0.05, 0) is 48.4 Å². The van der Waals surface area contributed by atoms with Gasteiger partial charge in [0.15, 0.2) is 0 Å². The van der Waals surface area contributed by atoms with E-state index in [0.717, 1.165) is 39.0 Å². The fraction of sp³-hybridized carbons (Fsp3) is 0.381. The zero-order valence-corrected chi connectivity index (χ0v) is 16.1. The smallest absolute Gasteiger partial charge is 0.251 e. The molecule has 146 valence electrons. The van der Waals surface area contributed by atoms with Gasteiger partial charge in [0.25, 0.3) is 5.91 Å². The maximum atomic E-state index is 11.1. The molecule has 0 aliphatic carbocycles. The molecule has 1 saturated heterocycles. The van der Waals surface area contributed by atoms with E-state index in [4.69, 9.17) is 5.73 Å². The summed E-state index contributed by atoms with van der Waals surface area (Å²) in [5.41, 5.74) is 8.17. The summed E-state index contributed by atoms with van der Waals surface area (Å²) in [5, 5.41) is 4.89. The van der Waals surface area contributed by atoms with E-state index in [9.17, 15) is 4.79 Å². The third-order valence-corrected chi connectivity index (χ3v) is 5.53. The summed E-state index contributed by atoms with van der Waals surface area (Å²) >= 11 is 0. The van der Waals surface area contributed by atoms with Gasteiger partial charge in [-0.25, -0.2) is 9.97 Å². The number of fused-ring (bicyclic) bond motifs is 1. The number of aryl methyl sites for hydroxylation is 1. The van der Waals surface area contributed by atoms with Crippen molar-refractivity contribution in [3.63, 3.8) is 0 Å². The van der Waals surface area contributed by atoms with Gasteiger partial charge in [-0.3, -0.25) is 4.79 Å². The predicted molar refractivity (Wildman–Crippen MR) is 110 cm³/mol. The van der Waals surface area contributed by atoms with Crippen molar-refractivity contribution in [1.29, 1.82) is 0 Å². The highest BCUT2D eigenvalue weighted by Crippen LogP contribution is 2.20. The molecule has 1 aromatic carbocycles. The molecule has 0 spiro atoms. The molecule has 1 amide bonds. The number of hydrogen-bond donors (Lipinski definition) is 2. The second-order valence-corrected chi connectivity index (χ2v) is 7.52. The Labute approximate surface area is 164 Å². The van der Waals surface area contributed by atoms with Crippen LogP contribution in [0.5, 0.6) is 0 Å². The second kappa shape index (κ2) is 7.98. The first-order valence-electron chi connectivity index (χ1n) is 9.71. The fourth-order valence-electron chi connectivity index (χ4n) is 3.79. The van der Waals surface area contributed by atoms with Gasteiger partial charge in [0.05, 0.1) is 5.56 Å². The van der Waals surface area contributed by atoms with Crippen LogP contribution in [0.4, 0.5) is 5.95 Å². The topological polar surface area (TPSA) is 89.1 Å². The van der Waals surface area contributed by atoms with Crippen molar-refractivity contribution >= 4 is 22.8 Å². The van der Waals surface area contributed by atoms with Gasteiger partial charge >= 0.3 is 0 Å². The molecule has 0 atom stereocenters. The first kappa shape index (κ1) is 18.4. The lowest BCUT2D eigenvalue weighted by Crippen LogP contribution is -2.38. The summed E-state index contributed by atoms with van der Waals surface area (Å²) in [6, 6.07) is 8.79. The monoisotopic (exact) mass is 378 g/mol. The number of benzene rings is 1. The maximum Gasteiger partial charge on any atom is 0.251 e. The molecule has 2 aromatic heterocycles. The van der Waals surface area contributed by atoms with Gasteiger partial charge in [0.2, 0.25) is 5.95 Å². The molecule has 0 radical (unpaired) electrons. The molecule has 1 aliphatic rings. The van der Waals surface area contributed by atoms with Crippen LogP contribution in [0.1, 0.15) is 28.8 Å². The Kier molecular flexibility index (Phi) is 5.25. The van der Waals surface area contributed by atoms with E-state index in [2.05, 4.69) is 62.3 Å². The van der Waals surface area contributed by atoms with Gasteiger partial charge in [0, 0.05) is 50.8 Å². The highest BCUT2D eigenvalue weighted by molar-refractivity contribution is 5.92. The van der Waals surface area contributed by atoms with Crippen molar-refractivity contribution in [3.8, 4) is 0 Å². The van der Waals surface area contributed by atoms with Crippen molar-refractivity contribution in [3.05, 3.63) is 54.0 Å². The van der Waals surface area contributed by atoms with E-state index in [1.807, 2.05) is 0 Å². The van der Waals surface area contributed by atoms with Gasteiger partial charge in [0.1, 0.15) is 0 Å². The van der Waals surface area contributed by atoms with Crippen LogP contribution in [0.15, 0.2) is 42.9 Å². The summed E-state index contributed by atoms with van der Waals surface area (Å²) in [4.78, 5) is 21.8. The van der Waals surface area contributed by atoms with Crippen molar-refractivity contribution in [1.82, 2.24) is 19.9 Å². The zero-order chi connectivity index (χ0) is 19.5. The normalized spacial score (nSPS) is 15.2. The lowest BCUT2D eigenvalue weighted by atomic mass is 9.97. The fourth-order valence-corrected chi connectivity index (χ4v) is 3.79. The van der Waals surface area contributed by atoms with Gasteiger partial charge in [-0.1, -0.05) is 12.1 Å². The van der Waals surface area contributed by atoms with E-state index < -0.39 is 5.91 Å². The largest absolute Gasteiger partial charge is 0.366 e. The minimum absolute atomic E-state index is 0.344. The first-order valence-corrected chi connectivity index (χ1v) is 9.71. The molecule has 7 heteroatoms.